The Morgan fingerprint density at radius 2 is 1.95 bits per heavy atom. The van der Waals surface area contributed by atoms with Crippen molar-refractivity contribution in [1.82, 2.24) is 4.90 Å². The molecule has 1 amide bonds. The summed E-state index contributed by atoms with van der Waals surface area (Å²) in [6, 6.07) is 7.81. The second kappa shape index (κ2) is 5.88. The van der Waals surface area contributed by atoms with E-state index in [2.05, 4.69) is 18.2 Å². The number of nitrogens with zero attached hydrogens (tertiary/aromatic N) is 1. The summed E-state index contributed by atoms with van der Waals surface area (Å²) in [6.07, 6.45) is 4.86. The van der Waals surface area contributed by atoms with Crippen LogP contribution in [0.5, 0.6) is 0 Å². The minimum absolute atomic E-state index is 0.0179. The number of amides is 1. The number of aliphatic carboxylic acids is 1. The summed E-state index contributed by atoms with van der Waals surface area (Å²) in [5, 5.41) is 9.17. The van der Waals surface area contributed by atoms with Crippen LogP contribution >= 0.6 is 0 Å². The number of benzene rings is 1. The molecule has 1 aromatic rings. The van der Waals surface area contributed by atoms with Crippen LogP contribution < -0.4 is 0 Å². The quantitative estimate of drug-likeness (QED) is 0.927. The highest BCUT2D eigenvalue weighted by Gasteiger charge is 2.34. The summed E-state index contributed by atoms with van der Waals surface area (Å²) in [5.74, 6) is -0.499. The summed E-state index contributed by atoms with van der Waals surface area (Å²) in [5.41, 5.74) is 2.74. The van der Waals surface area contributed by atoms with Gasteiger partial charge >= 0.3 is 5.97 Å². The largest absolute Gasteiger partial charge is 0.480 e. The van der Waals surface area contributed by atoms with Crippen LogP contribution in [0.2, 0.25) is 0 Å². The summed E-state index contributed by atoms with van der Waals surface area (Å²) < 4.78 is 0. The molecule has 2 aliphatic rings. The van der Waals surface area contributed by atoms with E-state index in [4.69, 9.17) is 0 Å². The van der Waals surface area contributed by atoms with Crippen molar-refractivity contribution in [3.8, 4) is 0 Å². The van der Waals surface area contributed by atoms with Gasteiger partial charge in [0.25, 0.3) is 0 Å². The molecule has 112 valence electrons. The van der Waals surface area contributed by atoms with Crippen molar-refractivity contribution < 1.29 is 14.7 Å². The summed E-state index contributed by atoms with van der Waals surface area (Å²) in [4.78, 5) is 25.2. The standard InChI is InChI=1S/C17H21NO3/c19-16(18-9-3-6-15(18)17(20)21)11-12-7-8-13-4-1-2-5-14(13)10-12/h1-2,4-5,12,15H,3,6-11H2,(H,20,21)/t12?,15-/m1/s1. The maximum atomic E-state index is 12.4. The van der Waals surface area contributed by atoms with E-state index in [-0.39, 0.29) is 5.91 Å². The Balaban J connectivity index is 1.62. The van der Waals surface area contributed by atoms with E-state index in [0.29, 0.717) is 25.3 Å². The average Bonchev–Trinajstić information content (AvgIpc) is 2.97. The first-order chi connectivity index (χ1) is 10.1. The van der Waals surface area contributed by atoms with Gasteiger partial charge in [-0.1, -0.05) is 24.3 Å². The number of carbonyl (C=O) groups is 2. The summed E-state index contributed by atoms with van der Waals surface area (Å²) >= 11 is 0. The van der Waals surface area contributed by atoms with Gasteiger partial charge in [-0.15, -0.1) is 0 Å². The van der Waals surface area contributed by atoms with Crippen LogP contribution in [-0.4, -0.2) is 34.5 Å². The molecule has 1 aromatic carbocycles. The van der Waals surface area contributed by atoms with E-state index in [9.17, 15) is 14.7 Å². The Hall–Kier alpha value is -1.84. The fourth-order valence-corrected chi connectivity index (χ4v) is 3.63. The van der Waals surface area contributed by atoms with Gasteiger partial charge in [0, 0.05) is 13.0 Å². The molecule has 0 radical (unpaired) electrons. The topological polar surface area (TPSA) is 57.6 Å². The Morgan fingerprint density at radius 1 is 1.19 bits per heavy atom. The lowest BCUT2D eigenvalue weighted by atomic mass is 9.82. The van der Waals surface area contributed by atoms with Gasteiger partial charge in [-0.25, -0.2) is 4.79 Å². The third kappa shape index (κ3) is 2.94. The SMILES string of the molecule is O=C(O)[C@H]1CCCN1C(=O)CC1CCc2ccccc2C1. The lowest BCUT2D eigenvalue weighted by Crippen LogP contribution is -2.41. The first-order valence-electron chi connectivity index (χ1n) is 7.74. The van der Waals surface area contributed by atoms with Gasteiger partial charge in [-0.2, -0.15) is 0 Å². The van der Waals surface area contributed by atoms with Gasteiger partial charge in [0.15, 0.2) is 0 Å². The molecular formula is C17H21NO3. The fraction of sp³-hybridized carbons (Fsp3) is 0.529. The third-order valence-electron chi connectivity index (χ3n) is 4.77. The van der Waals surface area contributed by atoms with E-state index < -0.39 is 12.0 Å². The fourth-order valence-electron chi connectivity index (χ4n) is 3.63. The smallest absolute Gasteiger partial charge is 0.326 e. The molecule has 1 unspecified atom stereocenters. The number of carboxylic acids is 1. The highest BCUT2D eigenvalue weighted by Crippen LogP contribution is 2.29. The predicted molar refractivity (Wildman–Crippen MR) is 78.9 cm³/mol. The minimum atomic E-state index is -0.866. The van der Waals surface area contributed by atoms with Gasteiger partial charge in [0.1, 0.15) is 6.04 Å². The zero-order chi connectivity index (χ0) is 14.8. The van der Waals surface area contributed by atoms with Crippen molar-refractivity contribution in [2.45, 2.75) is 44.6 Å². The molecule has 1 saturated heterocycles. The molecule has 2 atom stereocenters. The van der Waals surface area contributed by atoms with E-state index >= 15 is 0 Å². The molecule has 3 rings (SSSR count). The number of aryl methyl sites for hydroxylation is 1. The van der Waals surface area contributed by atoms with Gasteiger partial charge in [-0.05, 0) is 49.1 Å². The Bertz CT molecular complexity index is 555. The maximum Gasteiger partial charge on any atom is 0.326 e. The summed E-state index contributed by atoms with van der Waals surface area (Å²) in [6.45, 7) is 0.596. The van der Waals surface area contributed by atoms with Crippen molar-refractivity contribution in [2.75, 3.05) is 6.54 Å². The molecule has 0 bridgehead atoms. The molecule has 21 heavy (non-hydrogen) atoms. The van der Waals surface area contributed by atoms with E-state index in [1.54, 1.807) is 4.90 Å². The van der Waals surface area contributed by atoms with Gasteiger partial charge in [0.05, 0.1) is 0 Å². The lowest BCUT2D eigenvalue weighted by molar-refractivity contribution is -0.148. The molecule has 4 nitrogen and oxygen atoms in total. The number of carbonyl (C=O) groups excluding carboxylic acids is 1. The summed E-state index contributed by atoms with van der Waals surface area (Å²) in [7, 11) is 0. The monoisotopic (exact) mass is 287 g/mol. The van der Waals surface area contributed by atoms with Gasteiger partial charge in [0.2, 0.25) is 5.91 Å². The average molecular weight is 287 g/mol. The Morgan fingerprint density at radius 3 is 2.71 bits per heavy atom. The van der Waals surface area contributed by atoms with Crippen LogP contribution in [0.1, 0.15) is 36.8 Å². The van der Waals surface area contributed by atoms with E-state index in [1.165, 1.54) is 11.1 Å². The number of carboxylic acid groups (broad SMARTS) is 1. The van der Waals surface area contributed by atoms with Crippen LogP contribution in [0, 0.1) is 5.92 Å². The van der Waals surface area contributed by atoms with Crippen molar-refractivity contribution in [3.05, 3.63) is 35.4 Å². The van der Waals surface area contributed by atoms with Crippen LogP contribution in [-0.2, 0) is 22.4 Å². The van der Waals surface area contributed by atoms with Gasteiger partial charge < -0.3 is 10.0 Å². The lowest BCUT2D eigenvalue weighted by Gasteiger charge is -2.27. The van der Waals surface area contributed by atoms with Gasteiger partial charge in [-0.3, -0.25) is 4.79 Å². The van der Waals surface area contributed by atoms with E-state index in [0.717, 1.165) is 25.7 Å². The number of hydrogen-bond donors (Lipinski definition) is 1. The number of likely N-dealkylation sites (tertiary alicyclic amines) is 1. The first-order valence-corrected chi connectivity index (χ1v) is 7.74. The molecule has 1 aliphatic carbocycles. The maximum absolute atomic E-state index is 12.4. The van der Waals surface area contributed by atoms with Crippen molar-refractivity contribution in [2.24, 2.45) is 5.92 Å². The van der Waals surface area contributed by atoms with E-state index in [1.807, 2.05) is 6.07 Å². The number of rotatable bonds is 3. The Labute approximate surface area is 124 Å². The van der Waals surface area contributed by atoms with Crippen LogP contribution in [0.15, 0.2) is 24.3 Å². The van der Waals surface area contributed by atoms with Crippen LogP contribution in [0.25, 0.3) is 0 Å². The van der Waals surface area contributed by atoms with Crippen LogP contribution in [0.4, 0.5) is 0 Å². The minimum Gasteiger partial charge on any atom is -0.480 e. The molecule has 1 heterocycles. The second-order valence-corrected chi connectivity index (χ2v) is 6.17. The van der Waals surface area contributed by atoms with Crippen molar-refractivity contribution in [1.29, 1.82) is 0 Å². The zero-order valence-electron chi connectivity index (χ0n) is 12.1. The normalized spacial score (nSPS) is 24.7. The number of hydrogen-bond acceptors (Lipinski definition) is 2. The molecule has 0 aromatic heterocycles. The zero-order valence-corrected chi connectivity index (χ0v) is 12.1. The van der Waals surface area contributed by atoms with Crippen molar-refractivity contribution >= 4 is 11.9 Å². The molecule has 1 fully saturated rings. The third-order valence-corrected chi connectivity index (χ3v) is 4.77. The molecular weight excluding hydrogens is 266 g/mol. The second-order valence-electron chi connectivity index (χ2n) is 6.17. The van der Waals surface area contributed by atoms with Crippen LogP contribution in [0.3, 0.4) is 0 Å². The Kier molecular flexibility index (Phi) is 3.95. The first kappa shape index (κ1) is 14.1. The molecule has 1 N–H and O–H groups in total. The number of fused-ring (bicyclic) bond motifs is 1. The molecule has 4 heteroatoms. The highest BCUT2D eigenvalue weighted by atomic mass is 16.4. The molecule has 1 aliphatic heterocycles. The molecule has 0 spiro atoms. The molecule has 0 saturated carbocycles. The highest BCUT2D eigenvalue weighted by molar-refractivity contribution is 5.84. The van der Waals surface area contributed by atoms with Crippen molar-refractivity contribution in [3.63, 3.8) is 0 Å². The predicted octanol–water partition coefficient (Wildman–Crippen LogP) is 2.26.